The van der Waals surface area contributed by atoms with Gasteiger partial charge in [-0.15, -0.1) is 0 Å². The van der Waals surface area contributed by atoms with Crippen molar-refractivity contribution in [3.63, 3.8) is 0 Å². The zero-order valence-corrected chi connectivity index (χ0v) is 6.11. The second-order valence-corrected chi connectivity index (χ2v) is 1.98. The zero-order chi connectivity index (χ0) is 8.97. The molecule has 12 heavy (non-hydrogen) atoms. The number of nitrogens with zero attached hydrogens (tertiary/aromatic N) is 1. The van der Waals surface area contributed by atoms with Crippen molar-refractivity contribution in [1.82, 2.24) is 9.97 Å². The molecule has 1 rings (SSSR count). The maximum atomic E-state index is 10.9. The fraction of sp³-hybridized carbons (Fsp3) is 0.167. The van der Waals surface area contributed by atoms with Crippen molar-refractivity contribution in [3.8, 4) is 0 Å². The second-order valence-electron chi connectivity index (χ2n) is 1.98. The molecule has 0 aliphatic heterocycles. The maximum Gasteiger partial charge on any atom is 0.374 e. The standard InChI is InChI=1S/C6H7N3O3/c7-4(10)3-12-6(11)5-8-1-2-9-5/h1-2H,3H2,(H2,7,10)(H,8,9). The minimum Gasteiger partial charge on any atom is -0.450 e. The van der Waals surface area contributed by atoms with Crippen LogP contribution in [-0.2, 0) is 9.53 Å². The molecule has 0 saturated carbocycles. The van der Waals surface area contributed by atoms with Gasteiger partial charge in [0, 0.05) is 12.4 Å². The molecule has 1 aromatic rings. The van der Waals surface area contributed by atoms with Gasteiger partial charge in [-0.2, -0.15) is 0 Å². The van der Waals surface area contributed by atoms with Crippen LogP contribution in [0.15, 0.2) is 12.4 Å². The lowest BCUT2D eigenvalue weighted by molar-refractivity contribution is -0.121. The van der Waals surface area contributed by atoms with Gasteiger partial charge in [0.15, 0.2) is 6.61 Å². The normalized spacial score (nSPS) is 9.33. The van der Waals surface area contributed by atoms with E-state index in [0.29, 0.717) is 0 Å². The zero-order valence-electron chi connectivity index (χ0n) is 6.11. The first-order chi connectivity index (χ1) is 5.70. The molecular weight excluding hydrogens is 162 g/mol. The Labute approximate surface area is 67.7 Å². The Balaban J connectivity index is 2.45. The lowest BCUT2D eigenvalue weighted by atomic mass is 10.6. The van der Waals surface area contributed by atoms with Gasteiger partial charge in [-0.25, -0.2) is 9.78 Å². The average Bonchev–Trinajstić information content (AvgIpc) is 2.51. The van der Waals surface area contributed by atoms with Gasteiger partial charge in [0.05, 0.1) is 0 Å². The topological polar surface area (TPSA) is 98.1 Å². The molecule has 0 unspecified atom stereocenters. The molecule has 64 valence electrons. The largest absolute Gasteiger partial charge is 0.450 e. The molecule has 0 aliphatic carbocycles. The van der Waals surface area contributed by atoms with Gasteiger partial charge < -0.3 is 15.5 Å². The van der Waals surface area contributed by atoms with E-state index < -0.39 is 18.5 Å². The summed E-state index contributed by atoms with van der Waals surface area (Å²) in [5.41, 5.74) is 4.75. The van der Waals surface area contributed by atoms with E-state index in [0.717, 1.165) is 0 Å². The van der Waals surface area contributed by atoms with Crippen LogP contribution in [0.4, 0.5) is 0 Å². The Morgan fingerprint density at radius 1 is 1.67 bits per heavy atom. The number of nitrogens with one attached hydrogen (secondary N) is 1. The minimum absolute atomic E-state index is 0.0521. The van der Waals surface area contributed by atoms with Crippen LogP contribution in [0.3, 0.4) is 0 Å². The summed E-state index contributed by atoms with van der Waals surface area (Å²) in [5, 5.41) is 0. The van der Waals surface area contributed by atoms with Gasteiger partial charge in [0.1, 0.15) is 0 Å². The number of nitrogens with two attached hydrogens (primary N) is 1. The van der Waals surface area contributed by atoms with Gasteiger partial charge >= 0.3 is 5.97 Å². The van der Waals surface area contributed by atoms with Crippen molar-refractivity contribution in [2.24, 2.45) is 5.73 Å². The third-order valence-corrected chi connectivity index (χ3v) is 1.04. The monoisotopic (exact) mass is 169 g/mol. The van der Waals surface area contributed by atoms with Crippen LogP contribution in [-0.4, -0.2) is 28.5 Å². The molecule has 6 nitrogen and oxygen atoms in total. The van der Waals surface area contributed by atoms with Crippen molar-refractivity contribution in [1.29, 1.82) is 0 Å². The molecule has 0 bridgehead atoms. The van der Waals surface area contributed by atoms with E-state index in [1.165, 1.54) is 12.4 Å². The Morgan fingerprint density at radius 2 is 2.42 bits per heavy atom. The van der Waals surface area contributed by atoms with Gasteiger partial charge in [-0.05, 0) is 0 Å². The van der Waals surface area contributed by atoms with Gasteiger partial charge in [0.25, 0.3) is 5.91 Å². The van der Waals surface area contributed by atoms with Crippen LogP contribution < -0.4 is 5.73 Å². The summed E-state index contributed by atoms with van der Waals surface area (Å²) < 4.78 is 4.44. The van der Waals surface area contributed by atoms with Crippen LogP contribution in [0.25, 0.3) is 0 Å². The Morgan fingerprint density at radius 3 is 2.92 bits per heavy atom. The van der Waals surface area contributed by atoms with Gasteiger partial charge in [0.2, 0.25) is 5.82 Å². The first kappa shape index (κ1) is 8.25. The van der Waals surface area contributed by atoms with E-state index in [2.05, 4.69) is 14.7 Å². The molecule has 0 radical (unpaired) electrons. The lowest BCUT2D eigenvalue weighted by Crippen LogP contribution is -2.21. The predicted molar refractivity (Wildman–Crippen MR) is 38.1 cm³/mol. The van der Waals surface area contributed by atoms with Crippen LogP contribution in [0, 0.1) is 0 Å². The molecule has 0 aromatic carbocycles. The maximum absolute atomic E-state index is 10.9. The fourth-order valence-corrected chi connectivity index (χ4v) is 0.582. The van der Waals surface area contributed by atoms with Crippen molar-refractivity contribution in [2.45, 2.75) is 0 Å². The number of aromatic amines is 1. The van der Waals surface area contributed by atoms with Crippen LogP contribution in [0.5, 0.6) is 0 Å². The predicted octanol–water partition coefficient (Wildman–Crippen LogP) is -0.948. The number of ether oxygens (including phenoxy) is 1. The summed E-state index contributed by atoms with van der Waals surface area (Å²) in [4.78, 5) is 27.2. The molecule has 0 fully saturated rings. The summed E-state index contributed by atoms with van der Waals surface area (Å²) >= 11 is 0. The van der Waals surface area contributed by atoms with Crippen LogP contribution in [0.2, 0.25) is 0 Å². The summed E-state index contributed by atoms with van der Waals surface area (Å²) in [6, 6.07) is 0. The summed E-state index contributed by atoms with van der Waals surface area (Å²) in [6.07, 6.45) is 2.88. The number of amides is 1. The van der Waals surface area contributed by atoms with E-state index in [1.54, 1.807) is 0 Å². The average molecular weight is 169 g/mol. The second kappa shape index (κ2) is 3.51. The highest BCUT2D eigenvalue weighted by atomic mass is 16.5. The molecule has 0 atom stereocenters. The van der Waals surface area contributed by atoms with Gasteiger partial charge in [-0.3, -0.25) is 4.79 Å². The van der Waals surface area contributed by atoms with Crippen molar-refractivity contribution >= 4 is 11.9 Å². The van der Waals surface area contributed by atoms with Crippen LogP contribution >= 0.6 is 0 Å². The molecule has 0 saturated heterocycles. The highest BCUT2D eigenvalue weighted by Gasteiger charge is 2.09. The highest BCUT2D eigenvalue weighted by Crippen LogP contribution is 1.91. The Hall–Kier alpha value is -1.85. The molecule has 0 aliphatic rings. The molecule has 0 spiro atoms. The molecule has 1 heterocycles. The SMILES string of the molecule is NC(=O)COC(=O)c1ncc[nH]1. The first-order valence-electron chi connectivity index (χ1n) is 3.15. The number of esters is 1. The Kier molecular flexibility index (Phi) is 2.42. The lowest BCUT2D eigenvalue weighted by Gasteiger charge is -1.97. The number of rotatable bonds is 3. The minimum atomic E-state index is -0.699. The molecule has 6 heteroatoms. The number of H-pyrrole nitrogens is 1. The quantitative estimate of drug-likeness (QED) is 0.570. The summed E-state index contributed by atoms with van der Waals surface area (Å²) in [5.74, 6) is -1.34. The number of aromatic nitrogens is 2. The fourth-order valence-electron chi connectivity index (χ4n) is 0.582. The smallest absolute Gasteiger partial charge is 0.374 e. The molecule has 3 N–H and O–H groups in total. The van der Waals surface area contributed by atoms with E-state index in [-0.39, 0.29) is 5.82 Å². The van der Waals surface area contributed by atoms with Crippen molar-refractivity contribution in [2.75, 3.05) is 6.61 Å². The summed E-state index contributed by atoms with van der Waals surface area (Å²) in [6.45, 7) is -0.431. The van der Waals surface area contributed by atoms with E-state index >= 15 is 0 Å². The van der Waals surface area contributed by atoms with Gasteiger partial charge in [-0.1, -0.05) is 0 Å². The van der Waals surface area contributed by atoms with E-state index in [1.807, 2.05) is 0 Å². The summed E-state index contributed by atoms with van der Waals surface area (Å²) in [7, 11) is 0. The number of hydrogen-bond acceptors (Lipinski definition) is 4. The van der Waals surface area contributed by atoms with E-state index in [4.69, 9.17) is 5.73 Å². The Bertz CT molecular complexity index is 280. The molecule has 1 amide bonds. The number of primary amides is 1. The highest BCUT2D eigenvalue weighted by molar-refractivity contribution is 5.87. The number of carbonyl (C=O) groups is 2. The third-order valence-electron chi connectivity index (χ3n) is 1.04. The number of imidazole rings is 1. The third kappa shape index (κ3) is 2.08. The number of carbonyl (C=O) groups excluding carboxylic acids is 2. The number of hydrogen-bond donors (Lipinski definition) is 2. The van der Waals surface area contributed by atoms with E-state index in [9.17, 15) is 9.59 Å². The van der Waals surface area contributed by atoms with Crippen molar-refractivity contribution < 1.29 is 14.3 Å². The first-order valence-corrected chi connectivity index (χ1v) is 3.15. The van der Waals surface area contributed by atoms with Crippen LogP contribution in [0.1, 0.15) is 10.6 Å². The van der Waals surface area contributed by atoms with Crippen molar-refractivity contribution in [3.05, 3.63) is 18.2 Å². The molecular formula is C6H7N3O3. The molecule has 1 aromatic heterocycles.